The van der Waals surface area contributed by atoms with E-state index in [-0.39, 0.29) is 0 Å². The largest absolute Gasteiger partial charge is 0.328 e. The summed E-state index contributed by atoms with van der Waals surface area (Å²) in [6.45, 7) is 0.988. The number of fused-ring (bicyclic) bond motifs is 1. The standard InChI is InChI=1S/C16H18ClN3/c17-8-6-16-19-14-5-4-13(11-18)10-15(14)20(16)9-7-12-2-1-3-12/h4-5,10,12H,1-3,6-9H2. The quantitative estimate of drug-likeness (QED) is 0.783. The zero-order chi connectivity index (χ0) is 13.9. The minimum atomic E-state index is 0.581. The molecule has 0 saturated heterocycles. The smallest absolute Gasteiger partial charge is 0.111 e. The van der Waals surface area contributed by atoms with Crippen molar-refractivity contribution in [1.82, 2.24) is 9.55 Å². The minimum Gasteiger partial charge on any atom is -0.328 e. The maximum Gasteiger partial charge on any atom is 0.111 e. The molecule has 0 atom stereocenters. The molecule has 0 N–H and O–H groups in total. The van der Waals surface area contributed by atoms with Crippen LogP contribution in [0.5, 0.6) is 0 Å². The second kappa shape index (κ2) is 5.85. The van der Waals surface area contributed by atoms with Crippen LogP contribution in [0.25, 0.3) is 11.0 Å². The minimum absolute atomic E-state index is 0.581. The molecule has 2 aromatic rings. The van der Waals surface area contributed by atoms with Crippen molar-refractivity contribution in [2.45, 2.75) is 38.6 Å². The predicted molar refractivity (Wildman–Crippen MR) is 80.8 cm³/mol. The van der Waals surface area contributed by atoms with Gasteiger partial charge in [-0.15, -0.1) is 11.6 Å². The Morgan fingerprint density at radius 1 is 1.40 bits per heavy atom. The Kier molecular flexibility index (Phi) is 3.93. The zero-order valence-electron chi connectivity index (χ0n) is 11.5. The van der Waals surface area contributed by atoms with E-state index in [4.69, 9.17) is 16.9 Å². The van der Waals surface area contributed by atoms with E-state index in [1.807, 2.05) is 18.2 Å². The average Bonchev–Trinajstić information content (AvgIpc) is 2.74. The molecule has 20 heavy (non-hydrogen) atoms. The second-order valence-electron chi connectivity index (χ2n) is 5.52. The number of hydrogen-bond acceptors (Lipinski definition) is 2. The van der Waals surface area contributed by atoms with Crippen LogP contribution in [-0.4, -0.2) is 15.4 Å². The molecule has 1 heterocycles. The summed E-state index contributed by atoms with van der Waals surface area (Å²) in [5, 5.41) is 9.06. The fourth-order valence-electron chi connectivity index (χ4n) is 2.86. The van der Waals surface area contributed by atoms with Gasteiger partial charge in [0.25, 0.3) is 0 Å². The molecule has 4 heteroatoms. The highest BCUT2D eigenvalue weighted by Crippen LogP contribution is 2.30. The molecule has 0 radical (unpaired) electrons. The van der Waals surface area contributed by atoms with Gasteiger partial charge in [-0.25, -0.2) is 4.98 Å². The van der Waals surface area contributed by atoms with Gasteiger partial charge in [-0.1, -0.05) is 19.3 Å². The van der Waals surface area contributed by atoms with Gasteiger partial charge in [0.15, 0.2) is 0 Å². The number of imidazole rings is 1. The molecule has 1 aromatic carbocycles. The van der Waals surface area contributed by atoms with Crippen molar-refractivity contribution >= 4 is 22.6 Å². The normalized spacial score (nSPS) is 15.2. The Labute approximate surface area is 124 Å². The summed E-state index contributed by atoms with van der Waals surface area (Å²) in [7, 11) is 0. The lowest BCUT2D eigenvalue weighted by Crippen LogP contribution is -2.15. The Balaban J connectivity index is 1.95. The fourth-order valence-corrected chi connectivity index (χ4v) is 3.03. The van der Waals surface area contributed by atoms with Crippen LogP contribution in [0, 0.1) is 17.2 Å². The summed E-state index contributed by atoms with van der Waals surface area (Å²) in [5.74, 6) is 2.50. The van der Waals surface area contributed by atoms with Crippen LogP contribution in [0.1, 0.15) is 37.1 Å². The Morgan fingerprint density at radius 3 is 2.90 bits per heavy atom. The van der Waals surface area contributed by atoms with E-state index in [0.29, 0.717) is 11.4 Å². The first-order valence-electron chi connectivity index (χ1n) is 7.27. The maximum atomic E-state index is 9.06. The first kappa shape index (κ1) is 13.5. The second-order valence-corrected chi connectivity index (χ2v) is 5.90. The van der Waals surface area contributed by atoms with E-state index in [1.165, 1.54) is 25.7 Å². The van der Waals surface area contributed by atoms with E-state index in [9.17, 15) is 0 Å². The number of nitriles is 1. The van der Waals surface area contributed by atoms with E-state index in [0.717, 1.165) is 35.7 Å². The lowest BCUT2D eigenvalue weighted by molar-refractivity contribution is 0.282. The number of halogens is 1. The molecule has 0 aliphatic heterocycles. The lowest BCUT2D eigenvalue weighted by Gasteiger charge is -2.25. The molecule has 1 fully saturated rings. The molecular formula is C16H18ClN3. The summed E-state index contributed by atoms with van der Waals surface area (Å²) in [6.07, 6.45) is 6.09. The van der Waals surface area contributed by atoms with Gasteiger partial charge in [0.2, 0.25) is 0 Å². The molecule has 0 unspecified atom stereocenters. The highest BCUT2D eigenvalue weighted by atomic mass is 35.5. The van der Waals surface area contributed by atoms with Crippen molar-refractivity contribution in [2.24, 2.45) is 5.92 Å². The van der Waals surface area contributed by atoms with Crippen molar-refractivity contribution < 1.29 is 0 Å². The number of aromatic nitrogens is 2. The van der Waals surface area contributed by atoms with Crippen molar-refractivity contribution in [3.8, 4) is 6.07 Å². The SMILES string of the molecule is N#Cc1ccc2nc(CCCl)n(CCC3CCC3)c2c1. The summed E-state index contributed by atoms with van der Waals surface area (Å²) < 4.78 is 2.26. The van der Waals surface area contributed by atoms with Gasteiger partial charge in [-0.3, -0.25) is 0 Å². The van der Waals surface area contributed by atoms with Crippen LogP contribution in [0.4, 0.5) is 0 Å². The Bertz CT molecular complexity index is 650. The van der Waals surface area contributed by atoms with E-state index in [2.05, 4.69) is 15.6 Å². The third-order valence-electron chi connectivity index (χ3n) is 4.26. The molecule has 104 valence electrons. The van der Waals surface area contributed by atoms with Crippen molar-refractivity contribution in [3.63, 3.8) is 0 Å². The highest BCUT2D eigenvalue weighted by molar-refractivity contribution is 6.17. The molecule has 3 rings (SSSR count). The van der Waals surface area contributed by atoms with Gasteiger partial charge < -0.3 is 4.57 Å². The molecule has 0 bridgehead atoms. The van der Waals surface area contributed by atoms with Crippen LogP contribution in [0.15, 0.2) is 18.2 Å². The summed E-state index contributed by atoms with van der Waals surface area (Å²) in [4.78, 5) is 4.67. The Hall–Kier alpha value is -1.53. The number of rotatable bonds is 5. The molecule has 0 spiro atoms. The number of benzene rings is 1. The first-order valence-corrected chi connectivity index (χ1v) is 7.80. The lowest BCUT2D eigenvalue weighted by atomic mass is 9.83. The third-order valence-corrected chi connectivity index (χ3v) is 4.45. The predicted octanol–water partition coefficient (Wildman–Crippen LogP) is 3.88. The van der Waals surface area contributed by atoms with Crippen LogP contribution in [-0.2, 0) is 13.0 Å². The summed E-state index contributed by atoms with van der Waals surface area (Å²) >= 11 is 5.89. The number of nitrogens with zero attached hydrogens (tertiary/aromatic N) is 3. The van der Waals surface area contributed by atoms with Crippen molar-refractivity contribution in [2.75, 3.05) is 5.88 Å². The van der Waals surface area contributed by atoms with E-state index >= 15 is 0 Å². The van der Waals surface area contributed by atoms with Gasteiger partial charge in [-0.05, 0) is 30.5 Å². The molecule has 1 aliphatic rings. The monoisotopic (exact) mass is 287 g/mol. The van der Waals surface area contributed by atoms with Gasteiger partial charge in [-0.2, -0.15) is 5.26 Å². The van der Waals surface area contributed by atoms with Crippen molar-refractivity contribution in [3.05, 3.63) is 29.6 Å². The number of hydrogen-bond donors (Lipinski definition) is 0. The van der Waals surface area contributed by atoms with Crippen LogP contribution in [0.2, 0.25) is 0 Å². The maximum absolute atomic E-state index is 9.06. The summed E-state index contributed by atoms with van der Waals surface area (Å²) in [6, 6.07) is 7.92. The van der Waals surface area contributed by atoms with Gasteiger partial charge in [0.05, 0.1) is 22.7 Å². The van der Waals surface area contributed by atoms with Crippen LogP contribution >= 0.6 is 11.6 Å². The first-order chi connectivity index (χ1) is 9.81. The van der Waals surface area contributed by atoms with Gasteiger partial charge >= 0.3 is 0 Å². The van der Waals surface area contributed by atoms with E-state index < -0.39 is 0 Å². The average molecular weight is 288 g/mol. The van der Waals surface area contributed by atoms with Gasteiger partial charge in [0, 0.05) is 18.8 Å². The van der Waals surface area contributed by atoms with Crippen molar-refractivity contribution in [1.29, 1.82) is 5.26 Å². The van der Waals surface area contributed by atoms with Crippen LogP contribution < -0.4 is 0 Å². The van der Waals surface area contributed by atoms with Crippen LogP contribution in [0.3, 0.4) is 0 Å². The molecule has 1 aliphatic carbocycles. The third kappa shape index (κ3) is 2.53. The molecular weight excluding hydrogens is 270 g/mol. The Morgan fingerprint density at radius 2 is 2.25 bits per heavy atom. The summed E-state index contributed by atoms with van der Waals surface area (Å²) in [5.41, 5.74) is 2.74. The topological polar surface area (TPSA) is 41.6 Å². The molecule has 0 amide bonds. The highest BCUT2D eigenvalue weighted by Gasteiger charge is 2.18. The zero-order valence-corrected chi connectivity index (χ0v) is 12.2. The number of aryl methyl sites for hydroxylation is 2. The fraction of sp³-hybridized carbons (Fsp3) is 0.500. The molecule has 1 saturated carbocycles. The molecule has 1 aromatic heterocycles. The number of alkyl halides is 1. The molecule has 3 nitrogen and oxygen atoms in total. The van der Waals surface area contributed by atoms with Gasteiger partial charge in [0.1, 0.15) is 5.82 Å². The van der Waals surface area contributed by atoms with E-state index in [1.54, 1.807) is 0 Å².